The van der Waals surface area contributed by atoms with Crippen LogP contribution in [0.4, 0.5) is 5.69 Å². The molecule has 2 heterocycles. The zero-order valence-electron chi connectivity index (χ0n) is 19.2. The zero-order chi connectivity index (χ0) is 25.6. The van der Waals surface area contributed by atoms with Crippen LogP contribution in [0.3, 0.4) is 0 Å². The highest BCUT2D eigenvalue weighted by molar-refractivity contribution is 6.31. The number of carbonyl (C=O) groups is 2. The standard InChI is InChI=1S/C27H20ClNO7/c1-34-19-10-9-14(11-18(19)30)23-22(25(32)27(33)29(23)17-7-4-6-16(28)13-17)24(31)21-12-15-5-3-8-20(35-2)26(15)36-21/h3-13,23,30,32H,1-2H3. The predicted octanol–water partition coefficient (Wildman–Crippen LogP) is 5.59. The second-order valence-corrected chi connectivity index (χ2v) is 8.51. The lowest BCUT2D eigenvalue weighted by Gasteiger charge is -2.27. The van der Waals surface area contributed by atoms with Crippen LogP contribution in [0.1, 0.15) is 22.2 Å². The summed E-state index contributed by atoms with van der Waals surface area (Å²) in [5.41, 5.74) is 0.872. The van der Waals surface area contributed by atoms with Crippen LogP contribution in [0.2, 0.25) is 5.02 Å². The maximum absolute atomic E-state index is 13.8. The Hall–Kier alpha value is -4.43. The number of furan rings is 1. The molecular formula is C27H20ClNO7. The van der Waals surface area contributed by atoms with Crippen LogP contribution in [0.5, 0.6) is 17.2 Å². The van der Waals surface area contributed by atoms with E-state index in [0.29, 0.717) is 33.0 Å². The van der Waals surface area contributed by atoms with E-state index in [1.807, 2.05) is 0 Å². The molecule has 5 rings (SSSR count). The Morgan fingerprint density at radius 2 is 1.72 bits per heavy atom. The van der Waals surface area contributed by atoms with Crippen molar-refractivity contribution in [2.45, 2.75) is 6.04 Å². The molecule has 0 saturated carbocycles. The van der Waals surface area contributed by atoms with Crippen LogP contribution in [-0.4, -0.2) is 36.1 Å². The van der Waals surface area contributed by atoms with Crippen LogP contribution in [0.25, 0.3) is 11.0 Å². The predicted molar refractivity (Wildman–Crippen MR) is 133 cm³/mol. The van der Waals surface area contributed by atoms with Crippen molar-refractivity contribution in [2.75, 3.05) is 19.1 Å². The van der Waals surface area contributed by atoms with Gasteiger partial charge in [-0.15, -0.1) is 0 Å². The first-order valence-electron chi connectivity index (χ1n) is 10.8. The summed E-state index contributed by atoms with van der Waals surface area (Å²) in [5.74, 6) is -1.85. The minimum Gasteiger partial charge on any atom is -0.504 e. The van der Waals surface area contributed by atoms with E-state index in [2.05, 4.69) is 0 Å². The Labute approximate surface area is 210 Å². The van der Waals surface area contributed by atoms with E-state index in [4.69, 9.17) is 25.5 Å². The molecule has 1 aromatic heterocycles. The van der Waals surface area contributed by atoms with E-state index < -0.39 is 23.5 Å². The molecule has 1 aliphatic rings. The number of benzene rings is 3. The Balaban J connectivity index is 1.68. The van der Waals surface area contributed by atoms with Crippen molar-refractivity contribution in [3.8, 4) is 17.2 Å². The van der Waals surface area contributed by atoms with Gasteiger partial charge in [0.05, 0.1) is 25.8 Å². The fourth-order valence-corrected chi connectivity index (χ4v) is 4.55. The van der Waals surface area contributed by atoms with Crippen molar-refractivity contribution in [2.24, 2.45) is 0 Å². The fraction of sp³-hybridized carbons (Fsp3) is 0.111. The number of hydrogen-bond acceptors (Lipinski definition) is 7. The van der Waals surface area contributed by atoms with Gasteiger partial charge in [0.15, 0.2) is 34.4 Å². The lowest BCUT2D eigenvalue weighted by atomic mass is 9.94. The zero-order valence-corrected chi connectivity index (χ0v) is 19.9. The molecule has 4 aromatic rings. The third kappa shape index (κ3) is 3.72. The summed E-state index contributed by atoms with van der Waals surface area (Å²) in [6.07, 6.45) is 0. The maximum Gasteiger partial charge on any atom is 0.294 e. The highest BCUT2D eigenvalue weighted by Gasteiger charge is 2.45. The van der Waals surface area contributed by atoms with Crippen LogP contribution in [0.15, 0.2) is 82.5 Å². The van der Waals surface area contributed by atoms with Gasteiger partial charge in [-0.1, -0.05) is 35.9 Å². The van der Waals surface area contributed by atoms with E-state index in [0.717, 1.165) is 0 Å². The number of Topliss-reactive ketones (excluding diaryl/α,β-unsaturated/α-hetero) is 1. The van der Waals surface area contributed by atoms with Crippen molar-refractivity contribution in [3.63, 3.8) is 0 Å². The number of methoxy groups -OCH3 is 2. The summed E-state index contributed by atoms with van der Waals surface area (Å²) < 4.78 is 16.3. The summed E-state index contributed by atoms with van der Waals surface area (Å²) in [7, 11) is 2.89. The van der Waals surface area contributed by atoms with E-state index >= 15 is 0 Å². The number of phenols is 1. The number of halogens is 1. The number of anilines is 1. The third-order valence-electron chi connectivity index (χ3n) is 6.01. The molecule has 2 N–H and O–H groups in total. The average molecular weight is 506 g/mol. The largest absolute Gasteiger partial charge is 0.504 e. The Kier molecular flexibility index (Phi) is 5.81. The molecular weight excluding hydrogens is 486 g/mol. The number of aliphatic hydroxyl groups is 1. The summed E-state index contributed by atoms with van der Waals surface area (Å²) in [6, 6.07) is 16.6. The molecule has 0 radical (unpaired) electrons. The van der Waals surface area contributed by atoms with Gasteiger partial charge in [-0.2, -0.15) is 0 Å². The van der Waals surface area contributed by atoms with Crippen LogP contribution in [-0.2, 0) is 4.79 Å². The summed E-state index contributed by atoms with van der Waals surface area (Å²) >= 11 is 6.17. The normalized spacial score (nSPS) is 15.6. The lowest BCUT2D eigenvalue weighted by Crippen LogP contribution is -2.31. The van der Waals surface area contributed by atoms with E-state index in [1.54, 1.807) is 48.5 Å². The van der Waals surface area contributed by atoms with Gasteiger partial charge < -0.3 is 24.1 Å². The number of hydrogen-bond donors (Lipinski definition) is 2. The lowest BCUT2D eigenvalue weighted by molar-refractivity contribution is -0.117. The maximum atomic E-state index is 13.8. The van der Waals surface area contributed by atoms with Gasteiger partial charge in [-0.25, -0.2) is 0 Å². The van der Waals surface area contributed by atoms with Crippen molar-refractivity contribution in [1.82, 2.24) is 0 Å². The van der Waals surface area contributed by atoms with Gasteiger partial charge in [0.25, 0.3) is 5.91 Å². The average Bonchev–Trinajstić information content (AvgIpc) is 3.42. The smallest absolute Gasteiger partial charge is 0.294 e. The van der Waals surface area contributed by atoms with Crippen molar-refractivity contribution in [3.05, 3.63) is 94.4 Å². The summed E-state index contributed by atoms with van der Waals surface area (Å²) in [4.78, 5) is 28.3. The molecule has 1 aliphatic heterocycles. The number of amides is 1. The van der Waals surface area contributed by atoms with Gasteiger partial charge >= 0.3 is 0 Å². The molecule has 0 saturated heterocycles. The third-order valence-corrected chi connectivity index (χ3v) is 6.24. The van der Waals surface area contributed by atoms with Gasteiger partial charge in [0, 0.05) is 16.1 Å². The second-order valence-electron chi connectivity index (χ2n) is 8.07. The Morgan fingerprint density at radius 3 is 2.42 bits per heavy atom. The summed E-state index contributed by atoms with van der Waals surface area (Å²) in [6.45, 7) is 0. The molecule has 9 heteroatoms. The van der Waals surface area contributed by atoms with Gasteiger partial charge in [-0.05, 0) is 48.0 Å². The van der Waals surface area contributed by atoms with Crippen LogP contribution >= 0.6 is 11.6 Å². The fourth-order valence-electron chi connectivity index (χ4n) is 4.36. The molecule has 182 valence electrons. The molecule has 8 nitrogen and oxygen atoms in total. The molecule has 1 atom stereocenters. The molecule has 0 aliphatic carbocycles. The Bertz CT molecular complexity index is 1560. The number of fused-ring (bicyclic) bond motifs is 1. The van der Waals surface area contributed by atoms with Crippen molar-refractivity contribution < 1.29 is 33.7 Å². The number of ketones is 1. The number of aromatic hydroxyl groups is 1. The molecule has 3 aromatic carbocycles. The highest BCUT2D eigenvalue weighted by atomic mass is 35.5. The number of rotatable bonds is 6. The molecule has 1 unspecified atom stereocenters. The highest BCUT2D eigenvalue weighted by Crippen LogP contribution is 2.44. The van der Waals surface area contributed by atoms with Gasteiger partial charge in [0.2, 0.25) is 5.78 Å². The monoisotopic (exact) mass is 505 g/mol. The van der Waals surface area contributed by atoms with E-state index in [9.17, 15) is 19.8 Å². The molecule has 0 fully saturated rings. The van der Waals surface area contributed by atoms with Crippen LogP contribution in [0, 0.1) is 0 Å². The number of carbonyl (C=O) groups excluding carboxylic acids is 2. The molecule has 36 heavy (non-hydrogen) atoms. The number of para-hydroxylation sites is 1. The van der Waals surface area contributed by atoms with E-state index in [1.165, 1.54) is 37.3 Å². The summed E-state index contributed by atoms with van der Waals surface area (Å²) in [5, 5.41) is 22.4. The quantitative estimate of drug-likeness (QED) is 0.328. The molecule has 0 spiro atoms. The molecule has 0 bridgehead atoms. The topological polar surface area (TPSA) is 109 Å². The number of aliphatic hydroxyl groups excluding tert-OH is 1. The first-order valence-corrected chi connectivity index (χ1v) is 11.2. The minimum absolute atomic E-state index is 0.0838. The van der Waals surface area contributed by atoms with Crippen molar-refractivity contribution >= 4 is 39.9 Å². The SMILES string of the molecule is COc1ccc(C2C(C(=O)c3cc4cccc(OC)c4o3)=C(O)C(=O)N2c2cccc(Cl)c2)cc1O. The van der Waals surface area contributed by atoms with Crippen LogP contribution < -0.4 is 14.4 Å². The first kappa shape index (κ1) is 23.3. The van der Waals surface area contributed by atoms with E-state index in [-0.39, 0.29) is 22.8 Å². The van der Waals surface area contributed by atoms with Gasteiger partial charge in [0.1, 0.15) is 0 Å². The molecule has 1 amide bonds. The first-order chi connectivity index (χ1) is 17.3. The van der Waals surface area contributed by atoms with Gasteiger partial charge in [-0.3, -0.25) is 14.5 Å². The number of nitrogens with zero attached hydrogens (tertiary/aromatic N) is 1. The Morgan fingerprint density at radius 1 is 0.972 bits per heavy atom. The van der Waals surface area contributed by atoms with Crippen molar-refractivity contribution in [1.29, 1.82) is 0 Å². The number of ether oxygens (including phenoxy) is 2. The second kappa shape index (κ2) is 8.98. The minimum atomic E-state index is -1.09. The number of phenolic OH excluding ortho intramolecular Hbond substituents is 1.